The van der Waals surface area contributed by atoms with E-state index in [2.05, 4.69) is 33.2 Å². The third-order valence-corrected chi connectivity index (χ3v) is 3.63. The van der Waals surface area contributed by atoms with Gasteiger partial charge in [0.15, 0.2) is 0 Å². The summed E-state index contributed by atoms with van der Waals surface area (Å²) < 4.78 is 0. The van der Waals surface area contributed by atoms with Crippen molar-refractivity contribution in [2.75, 3.05) is 32.0 Å². The average molecular weight is 234 g/mol. The third kappa shape index (κ3) is 3.40. The van der Waals surface area contributed by atoms with Gasteiger partial charge in [-0.1, -0.05) is 6.92 Å². The number of hydrogen-bond donors (Lipinski definition) is 1. The number of aromatic nitrogens is 2. The summed E-state index contributed by atoms with van der Waals surface area (Å²) in [5, 5.41) is 3.06. The van der Waals surface area contributed by atoms with Crippen molar-refractivity contribution in [1.82, 2.24) is 14.9 Å². The molecular weight excluding hydrogens is 212 g/mol. The fourth-order valence-electron chi connectivity index (χ4n) is 2.45. The first kappa shape index (κ1) is 12.3. The van der Waals surface area contributed by atoms with Crippen molar-refractivity contribution in [1.29, 1.82) is 0 Å². The Morgan fingerprint density at radius 1 is 1.35 bits per heavy atom. The van der Waals surface area contributed by atoms with E-state index in [4.69, 9.17) is 0 Å². The van der Waals surface area contributed by atoms with E-state index >= 15 is 0 Å². The van der Waals surface area contributed by atoms with E-state index in [0.717, 1.165) is 18.2 Å². The highest BCUT2D eigenvalue weighted by Crippen LogP contribution is 2.21. The van der Waals surface area contributed by atoms with Crippen molar-refractivity contribution in [2.45, 2.75) is 26.2 Å². The molecule has 1 aliphatic heterocycles. The Morgan fingerprint density at radius 3 is 2.76 bits per heavy atom. The van der Waals surface area contributed by atoms with Gasteiger partial charge < -0.3 is 10.2 Å². The van der Waals surface area contributed by atoms with Crippen LogP contribution in [0.1, 0.15) is 25.5 Å². The van der Waals surface area contributed by atoms with Gasteiger partial charge in [0.2, 0.25) is 0 Å². The van der Waals surface area contributed by atoms with Crippen molar-refractivity contribution >= 4 is 5.82 Å². The van der Waals surface area contributed by atoms with Crippen LogP contribution in [0.15, 0.2) is 12.4 Å². The Labute approximate surface area is 103 Å². The van der Waals surface area contributed by atoms with E-state index in [1.54, 1.807) is 6.33 Å². The maximum Gasteiger partial charge on any atom is 0.129 e. The van der Waals surface area contributed by atoms with Crippen molar-refractivity contribution < 1.29 is 0 Å². The summed E-state index contributed by atoms with van der Waals surface area (Å²) in [6.45, 7) is 5.91. The minimum absolute atomic E-state index is 0.789. The second-order valence-electron chi connectivity index (χ2n) is 4.73. The van der Waals surface area contributed by atoms with Gasteiger partial charge >= 0.3 is 0 Å². The zero-order chi connectivity index (χ0) is 12.1. The largest absolute Gasteiger partial charge is 0.373 e. The van der Waals surface area contributed by atoms with Crippen LogP contribution in [0.2, 0.25) is 0 Å². The number of likely N-dealkylation sites (tertiary alicyclic amines) is 1. The van der Waals surface area contributed by atoms with Crippen LogP contribution < -0.4 is 5.32 Å². The van der Waals surface area contributed by atoms with Gasteiger partial charge in [-0.3, -0.25) is 0 Å². The zero-order valence-electron chi connectivity index (χ0n) is 10.8. The number of anilines is 1. The predicted molar refractivity (Wildman–Crippen MR) is 70.1 cm³/mol. The zero-order valence-corrected chi connectivity index (χ0v) is 10.8. The molecular formula is C13H22N4. The van der Waals surface area contributed by atoms with Gasteiger partial charge in [-0.05, 0) is 44.8 Å². The molecule has 0 aliphatic carbocycles. The highest BCUT2D eigenvalue weighted by Gasteiger charge is 2.18. The van der Waals surface area contributed by atoms with Crippen molar-refractivity contribution in [2.24, 2.45) is 5.92 Å². The summed E-state index contributed by atoms with van der Waals surface area (Å²) in [6, 6.07) is 2.06. The molecule has 0 amide bonds. The Morgan fingerprint density at radius 2 is 2.12 bits per heavy atom. The van der Waals surface area contributed by atoms with E-state index in [9.17, 15) is 0 Å². The lowest BCUT2D eigenvalue weighted by Gasteiger charge is -2.30. The Balaban J connectivity index is 1.88. The smallest absolute Gasteiger partial charge is 0.129 e. The molecule has 0 spiro atoms. The first-order chi connectivity index (χ1) is 8.31. The van der Waals surface area contributed by atoms with E-state index in [-0.39, 0.29) is 0 Å². The fourth-order valence-corrected chi connectivity index (χ4v) is 2.45. The minimum Gasteiger partial charge on any atom is -0.373 e. The van der Waals surface area contributed by atoms with Crippen molar-refractivity contribution in [3.63, 3.8) is 0 Å². The lowest BCUT2D eigenvalue weighted by Crippen LogP contribution is -2.34. The van der Waals surface area contributed by atoms with E-state index in [1.807, 2.05) is 7.05 Å². The van der Waals surface area contributed by atoms with Gasteiger partial charge in [-0.2, -0.15) is 0 Å². The summed E-state index contributed by atoms with van der Waals surface area (Å²) in [5.74, 6) is 1.71. The summed E-state index contributed by atoms with van der Waals surface area (Å²) in [4.78, 5) is 11.0. The van der Waals surface area contributed by atoms with Crippen LogP contribution in [0.5, 0.6) is 0 Å². The van der Waals surface area contributed by atoms with Crippen molar-refractivity contribution in [3.05, 3.63) is 18.1 Å². The van der Waals surface area contributed by atoms with E-state index in [1.165, 1.54) is 38.2 Å². The molecule has 2 heterocycles. The Bertz CT molecular complexity index is 345. The number of piperidine rings is 1. The average Bonchev–Trinajstić information content (AvgIpc) is 2.40. The maximum absolute atomic E-state index is 4.36. The molecule has 1 aromatic rings. The molecule has 0 bridgehead atoms. The second kappa shape index (κ2) is 5.96. The molecule has 94 valence electrons. The number of nitrogens with one attached hydrogen (secondary N) is 1. The molecule has 1 fully saturated rings. The highest BCUT2D eigenvalue weighted by atomic mass is 15.1. The summed E-state index contributed by atoms with van der Waals surface area (Å²) in [6.07, 6.45) is 5.34. The summed E-state index contributed by atoms with van der Waals surface area (Å²) in [7, 11) is 1.89. The van der Waals surface area contributed by atoms with Gasteiger partial charge in [0.25, 0.3) is 0 Å². The second-order valence-corrected chi connectivity index (χ2v) is 4.73. The molecule has 1 saturated heterocycles. The van der Waals surface area contributed by atoms with Crippen LogP contribution in [0.3, 0.4) is 0 Å². The molecule has 0 unspecified atom stereocenters. The molecule has 0 atom stereocenters. The highest BCUT2D eigenvalue weighted by molar-refractivity contribution is 5.33. The lowest BCUT2D eigenvalue weighted by atomic mass is 9.92. The third-order valence-electron chi connectivity index (χ3n) is 3.63. The van der Waals surface area contributed by atoms with Crippen LogP contribution in [-0.2, 0) is 6.42 Å². The molecule has 2 rings (SSSR count). The first-order valence-electron chi connectivity index (χ1n) is 6.53. The molecule has 0 saturated carbocycles. The molecule has 1 aromatic heterocycles. The summed E-state index contributed by atoms with van der Waals surface area (Å²) >= 11 is 0. The molecule has 4 nitrogen and oxygen atoms in total. The normalized spacial score (nSPS) is 18.2. The molecule has 4 heteroatoms. The minimum atomic E-state index is 0.789. The predicted octanol–water partition coefficient (Wildman–Crippen LogP) is 1.79. The fraction of sp³-hybridized carbons (Fsp3) is 0.692. The molecule has 1 N–H and O–H groups in total. The van der Waals surface area contributed by atoms with Crippen LogP contribution in [0.4, 0.5) is 5.82 Å². The molecule has 0 radical (unpaired) electrons. The number of rotatable bonds is 4. The lowest BCUT2D eigenvalue weighted by molar-refractivity contribution is 0.191. The quantitative estimate of drug-likeness (QED) is 0.862. The summed E-state index contributed by atoms with van der Waals surface area (Å²) in [5.41, 5.74) is 1.17. The Kier molecular flexibility index (Phi) is 4.31. The van der Waals surface area contributed by atoms with E-state index in [0.29, 0.717) is 0 Å². The van der Waals surface area contributed by atoms with E-state index < -0.39 is 0 Å². The maximum atomic E-state index is 4.36. The van der Waals surface area contributed by atoms with Gasteiger partial charge in [-0.25, -0.2) is 9.97 Å². The number of hydrogen-bond acceptors (Lipinski definition) is 4. The SMILES string of the molecule is CCN1CCC(Cc2cc(NC)ncn2)CC1. The molecule has 1 aliphatic rings. The topological polar surface area (TPSA) is 41.0 Å². The Hall–Kier alpha value is -1.16. The first-order valence-corrected chi connectivity index (χ1v) is 6.53. The van der Waals surface area contributed by atoms with Crippen molar-refractivity contribution in [3.8, 4) is 0 Å². The standard InChI is InChI=1S/C13H22N4/c1-3-17-6-4-11(5-7-17)8-12-9-13(14-2)16-10-15-12/h9-11H,3-8H2,1-2H3,(H,14,15,16). The van der Waals surface area contributed by atoms with Gasteiger partial charge in [0.1, 0.15) is 12.1 Å². The van der Waals surface area contributed by atoms with Crippen LogP contribution >= 0.6 is 0 Å². The van der Waals surface area contributed by atoms with Gasteiger partial charge in [0.05, 0.1) is 0 Å². The molecule has 17 heavy (non-hydrogen) atoms. The monoisotopic (exact) mass is 234 g/mol. The van der Waals surface area contributed by atoms with Crippen LogP contribution in [0, 0.1) is 5.92 Å². The van der Waals surface area contributed by atoms with Crippen LogP contribution in [0.25, 0.3) is 0 Å². The van der Waals surface area contributed by atoms with Crippen LogP contribution in [-0.4, -0.2) is 41.5 Å². The van der Waals surface area contributed by atoms with Gasteiger partial charge in [0, 0.05) is 18.8 Å². The number of nitrogens with zero attached hydrogens (tertiary/aromatic N) is 3. The molecule has 0 aromatic carbocycles. The van der Waals surface area contributed by atoms with Gasteiger partial charge in [-0.15, -0.1) is 0 Å².